The van der Waals surface area contributed by atoms with E-state index in [1.54, 1.807) is 0 Å². The summed E-state index contributed by atoms with van der Waals surface area (Å²) in [5.74, 6) is 0.0885. The molecule has 0 spiro atoms. The summed E-state index contributed by atoms with van der Waals surface area (Å²) in [6.07, 6.45) is 1.47. The predicted octanol–water partition coefficient (Wildman–Crippen LogP) is 2.42. The SMILES string of the molecule is FC(F)Oc1cccnc1CCl. The molecule has 0 aliphatic rings. The zero-order valence-electron chi connectivity index (χ0n) is 6.01. The summed E-state index contributed by atoms with van der Waals surface area (Å²) < 4.78 is 27.6. The van der Waals surface area contributed by atoms with Crippen LogP contribution in [0.1, 0.15) is 5.69 Å². The van der Waals surface area contributed by atoms with Gasteiger partial charge in [0.2, 0.25) is 0 Å². The molecule has 1 aromatic heterocycles. The van der Waals surface area contributed by atoms with Gasteiger partial charge in [0.25, 0.3) is 0 Å². The van der Waals surface area contributed by atoms with E-state index in [0.29, 0.717) is 5.69 Å². The van der Waals surface area contributed by atoms with Crippen molar-refractivity contribution in [1.82, 2.24) is 4.98 Å². The van der Waals surface area contributed by atoms with Crippen LogP contribution in [0.4, 0.5) is 8.78 Å². The molecule has 0 aliphatic heterocycles. The second-order valence-electron chi connectivity index (χ2n) is 1.96. The predicted molar refractivity (Wildman–Crippen MR) is 40.4 cm³/mol. The van der Waals surface area contributed by atoms with Crippen LogP contribution in [-0.4, -0.2) is 11.6 Å². The highest BCUT2D eigenvalue weighted by molar-refractivity contribution is 6.17. The molecule has 1 aromatic rings. The van der Waals surface area contributed by atoms with Crippen LogP contribution in [0.3, 0.4) is 0 Å². The summed E-state index contributed by atoms with van der Waals surface area (Å²) in [6, 6.07) is 2.91. The second-order valence-corrected chi connectivity index (χ2v) is 2.23. The van der Waals surface area contributed by atoms with Crippen molar-refractivity contribution >= 4 is 11.6 Å². The van der Waals surface area contributed by atoms with Crippen molar-refractivity contribution < 1.29 is 13.5 Å². The van der Waals surface area contributed by atoms with E-state index < -0.39 is 6.61 Å². The molecule has 1 rings (SSSR count). The lowest BCUT2D eigenvalue weighted by Gasteiger charge is -2.06. The largest absolute Gasteiger partial charge is 0.433 e. The minimum atomic E-state index is -2.84. The summed E-state index contributed by atoms with van der Waals surface area (Å²) >= 11 is 5.43. The third-order valence-electron chi connectivity index (χ3n) is 1.19. The molecule has 0 saturated heterocycles. The standard InChI is InChI=1S/C7H6ClF2NO/c8-4-5-6(12-7(9)10)2-1-3-11-5/h1-3,7H,4H2. The van der Waals surface area contributed by atoms with Crippen molar-refractivity contribution in [2.45, 2.75) is 12.5 Å². The Morgan fingerprint density at radius 2 is 2.33 bits per heavy atom. The van der Waals surface area contributed by atoms with Gasteiger partial charge in [0.15, 0.2) is 0 Å². The number of rotatable bonds is 3. The van der Waals surface area contributed by atoms with E-state index in [1.807, 2.05) is 0 Å². The van der Waals surface area contributed by atoms with Gasteiger partial charge in [0.1, 0.15) is 5.75 Å². The van der Waals surface area contributed by atoms with Crippen LogP contribution >= 0.6 is 11.6 Å². The number of hydrogen-bond acceptors (Lipinski definition) is 2. The van der Waals surface area contributed by atoms with Crippen LogP contribution in [0, 0.1) is 0 Å². The molecule has 5 heteroatoms. The van der Waals surface area contributed by atoms with Gasteiger partial charge in [-0.1, -0.05) is 0 Å². The van der Waals surface area contributed by atoms with Crippen molar-refractivity contribution in [1.29, 1.82) is 0 Å². The quantitative estimate of drug-likeness (QED) is 0.688. The normalized spacial score (nSPS) is 10.3. The Kier molecular flexibility index (Phi) is 3.22. The number of ether oxygens (including phenoxy) is 1. The Labute approximate surface area is 73.1 Å². The molecule has 0 radical (unpaired) electrons. The van der Waals surface area contributed by atoms with Crippen LogP contribution in [0.5, 0.6) is 5.75 Å². The second kappa shape index (κ2) is 4.21. The topological polar surface area (TPSA) is 22.1 Å². The molecule has 0 amide bonds. The van der Waals surface area contributed by atoms with Crippen LogP contribution < -0.4 is 4.74 Å². The fourth-order valence-electron chi connectivity index (χ4n) is 0.727. The van der Waals surface area contributed by atoms with Crippen molar-refractivity contribution in [3.63, 3.8) is 0 Å². The van der Waals surface area contributed by atoms with E-state index in [2.05, 4.69) is 9.72 Å². The molecule has 0 N–H and O–H groups in total. The van der Waals surface area contributed by atoms with Crippen molar-refractivity contribution in [2.75, 3.05) is 0 Å². The smallest absolute Gasteiger partial charge is 0.387 e. The maximum absolute atomic E-state index is 11.7. The van der Waals surface area contributed by atoms with Gasteiger partial charge in [-0.2, -0.15) is 8.78 Å². The molecule has 0 unspecified atom stereocenters. The van der Waals surface area contributed by atoms with Crippen LogP contribution in [0.15, 0.2) is 18.3 Å². The number of alkyl halides is 3. The van der Waals surface area contributed by atoms with E-state index in [9.17, 15) is 8.78 Å². The first-order valence-corrected chi connectivity index (χ1v) is 3.72. The molecule has 0 aliphatic carbocycles. The number of aromatic nitrogens is 1. The summed E-state index contributed by atoms with van der Waals surface area (Å²) in [5, 5.41) is 0. The lowest BCUT2D eigenvalue weighted by molar-refractivity contribution is -0.0506. The summed E-state index contributed by atoms with van der Waals surface area (Å²) in [5.41, 5.74) is 0.319. The van der Waals surface area contributed by atoms with E-state index in [0.717, 1.165) is 0 Å². The van der Waals surface area contributed by atoms with E-state index in [4.69, 9.17) is 11.6 Å². The molecule has 0 aromatic carbocycles. The molecule has 1 heterocycles. The van der Waals surface area contributed by atoms with Crippen LogP contribution in [-0.2, 0) is 5.88 Å². The van der Waals surface area contributed by atoms with Gasteiger partial charge in [0, 0.05) is 6.20 Å². The summed E-state index contributed by atoms with van der Waals surface area (Å²) in [6.45, 7) is -2.84. The highest BCUT2D eigenvalue weighted by Gasteiger charge is 2.08. The van der Waals surface area contributed by atoms with Gasteiger partial charge < -0.3 is 4.74 Å². The number of pyridine rings is 1. The summed E-state index contributed by atoms with van der Waals surface area (Å²) in [7, 11) is 0. The van der Waals surface area contributed by atoms with Crippen molar-refractivity contribution in [3.8, 4) is 5.75 Å². The first kappa shape index (κ1) is 9.19. The van der Waals surface area contributed by atoms with Gasteiger partial charge in [-0.05, 0) is 12.1 Å². The first-order valence-electron chi connectivity index (χ1n) is 3.18. The van der Waals surface area contributed by atoms with Gasteiger partial charge in [-0.3, -0.25) is 4.98 Å². The molecular weight excluding hydrogens is 188 g/mol. The maximum Gasteiger partial charge on any atom is 0.387 e. The molecule has 0 bridgehead atoms. The summed E-state index contributed by atoms with van der Waals surface area (Å²) in [4.78, 5) is 3.76. The lowest BCUT2D eigenvalue weighted by Crippen LogP contribution is -2.04. The van der Waals surface area contributed by atoms with Gasteiger partial charge in [0.05, 0.1) is 11.6 Å². The zero-order chi connectivity index (χ0) is 8.97. The molecular formula is C7H6ClF2NO. The minimum Gasteiger partial charge on any atom is -0.433 e. The molecule has 12 heavy (non-hydrogen) atoms. The third kappa shape index (κ3) is 2.30. The van der Waals surface area contributed by atoms with Gasteiger partial charge >= 0.3 is 6.61 Å². The number of hydrogen-bond donors (Lipinski definition) is 0. The van der Waals surface area contributed by atoms with E-state index >= 15 is 0 Å². The average molecular weight is 194 g/mol. The lowest BCUT2D eigenvalue weighted by atomic mass is 10.3. The van der Waals surface area contributed by atoms with Gasteiger partial charge in [-0.25, -0.2) is 0 Å². The van der Waals surface area contributed by atoms with Crippen LogP contribution in [0.25, 0.3) is 0 Å². The van der Waals surface area contributed by atoms with E-state index in [1.165, 1.54) is 18.3 Å². The number of halogens is 3. The zero-order valence-corrected chi connectivity index (χ0v) is 6.76. The highest BCUT2D eigenvalue weighted by atomic mass is 35.5. The minimum absolute atomic E-state index is 0.0301. The first-order chi connectivity index (χ1) is 5.74. The molecule has 0 fully saturated rings. The van der Waals surface area contributed by atoms with Crippen molar-refractivity contribution in [3.05, 3.63) is 24.0 Å². The molecule has 0 saturated carbocycles. The highest BCUT2D eigenvalue weighted by Crippen LogP contribution is 2.18. The van der Waals surface area contributed by atoms with Gasteiger partial charge in [-0.15, -0.1) is 11.6 Å². The van der Waals surface area contributed by atoms with E-state index in [-0.39, 0.29) is 11.6 Å². The molecule has 66 valence electrons. The Balaban J connectivity index is 2.82. The van der Waals surface area contributed by atoms with Crippen molar-refractivity contribution in [2.24, 2.45) is 0 Å². The fourth-order valence-corrected chi connectivity index (χ4v) is 0.928. The average Bonchev–Trinajstić information content (AvgIpc) is 2.04. The third-order valence-corrected chi connectivity index (χ3v) is 1.44. The Morgan fingerprint density at radius 1 is 1.58 bits per heavy atom. The number of nitrogens with zero attached hydrogens (tertiary/aromatic N) is 1. The monoisotopic (exact) mass is 193 g/mol. The molecule has 2 nitrogen and oxygen atoms in total. The maximum atomic E-state index is 11.7. The Morgan fingerprint density at radius 3 is 2.92 bits per heavy atom. The Hall–Kier alpha value is -0.900. The Bertz CT molecular complexity index is 257. The fraction of sp³-hybridized carbons (Fsp3) is 0.286. The van der Waals surface area contributed by atoms with Crippen LogP contribution in [0.2, 0.25) is 0 Å². The molecule has 0 atom stereocenters.